The van der Waals surface area contributed by atoms with E-state index in [-0.39, 0.29) is 11.7 Å². The Morgan fingerprint density at radius 1 is 1.32 bits per heavy atom. The monoisotopic (exact) mass is 261 g/mol. The van der Waals surface area contributed by atoms with Crippen LogP contribution in [0.25, 0.3) is 0 Å². The second-order valence-electron chi connectivity index (χ2n) is 4.51. The first-order valence-electron chi connectivity index (χ1n) is 6.24. The molecule has 0 spiro atoms. The van der Waals surface area contributed by atoms with Crippen LogP contribution < -0.4 is 5.32 Å². The Morgan fingerprint density at radius 2 is 2.16 bits per heavy atom. The lowest BCUT2D eigenvalue weighted by molar-refractivity contribution is 0.192. The number of nitrogens with zero attached hydrogens (tertiary/aromatic N) is 2. The fraction of sp³-hybridized carbons (Fsp3) is 0.385. The first kappa shape index (κ1) is 12.0. The van der Waals surface area contributed by atoms with Gasteiger partial charge in [0, 0.05) is 18.2 Å². The van der Waals surface area contributed by atoms with E-state index in [0.29, 0.717) is 19.0 Å². The molecule has 2 heterocycles. The zero-order valence-corrected chi connectivity index (χ0v) is 10.4. The highest BCUT2D eigenvalue weighted by atomic mass is 16.5. The van der Waals surface area contributed by atoms with E-state index < -0.39 is 0 Å². The summed E-state index contributed by atoms with van der Waals surface area (Å²) in [6.07, 6.45) is 0.949. The second kappa shape index (κ2) is 5.27. The van der Waals surface area contributed by atoms with E-state index in [2.05, 4.69) is 15.5 Å². The number of nitrogens with one attached hydrogen (secondary N) is 1. The largest absolute Gasteiger partial charge is 0.508 e. The Labute approximate surface area is 110 Å². The van der Waals surface area contributed by atoms with Crippen molar-refractivity contribution in [2.24, 2.45) is 0 Å². The molecule has 100 valence electrons. The molecule has 3 rings (SSSR count). The lowest BCUT2D eigenvalue weighted by atomic mass is 10.1. The zero-order chi connectivity index (χ0) is 13.1. The van der Waals surface area contributed by atoms with Gasteiger partial charge in [0.2, 0.25) is 5.89 Å². The van der Waals surface area contributed by atoms with Crippen molar-refractivity contribution in [2.45, 2.75) is 18.9 Å². The topological polar surface area (TPSA) is 80.4 Å². The average molecular weight is 261 g/mol. The van der Waals surface area contributed by atoms with Gasteiger partial charge in [0.15, 0.2) is 5.82 Å². The molecule has 2 N–H and O–H groups in total. The van der Waals surface area contributed by atoms with Crippen LogP contribution in [0.15, 0.2) is 28.8 Å². The minimum Gasteiger partial charge on any atom is -0.508 e. The van der Waals surface area contributed by atoms with Crippen molar-refractivity contribution < 1.29 is 14.4 Å². The third-order valence-corrected chi connectivity index (χ3v) is 3.09. The van der Waals surface area contributed by atoms with Gasteiger partial charge in [-0.05, 0) is 30.7 Å². The summed E-state index contributed by atoms with van der Waals surface area (Å²) in [5, 5.41) is 16.3. The minimum absolute atomic E-state index is 0.242. The third-order valence-electron chi connectivity index (χ3n) is 3.09. The van der Waals surface area contributed by atoms with Gasteiger partial charge in [-0.15, -0.1) is 0 Å². The number of anilines is 1. The Hall–Kier alpha value is -2.08. The summed E-state index contributed by atoms with van der Waals surface area (Å²) in [5.74, 6) is 1.77. The predicted octanol–water partition coefficient (Wildman–Crippen LogP) is 1.89. The lowest BCUT2D eigenvalue weighted by Gasteiger charge is -2.02. The molecule has 0 bridgehead atoms. The molecule has 2 aromatic rings. The van der Waals surface area contributed by atoms with Crippen molar-refractivity contribution in [2.75, 3.05) is 18.5 Å². The zero-order valence-electron chi connectivity index (χ0n) is 10.4. The number of hydrogen-bond acceptors (Lipinski definition) is 6. The summed E-state index contributed by atoms with van der Waals surface area (Å²) in [7, 11) is 0. The van der Waals surface area contributed by atoms with Gasteiger partial charge in [-0.25, -0.2) is 0 Å². The van der Waals surface area contributed by atoms with Crippen LogP contribution >= 0.6 is 0 Å². The highest BCUT2D eigenvalue weighted by molar-refractivity contribution is 5.45. The fourth-order valence-corrected chi connectivity index (χ4v) is 2.00. The van der Waals surface area contributed by atoms with E-state index in [1.54, 1.807) is 24.3 Å². The molecule has 1 aromatic carbocycles. The Bertz CT molecular complexity index is 532. The second-order valence-corrected chi connectivity index (χ2v) is 4.51. The van der Waals surface area contributed by atoms with Crippen LogP contribution in [0.2, 0.25) is 0 Å². The Morgan fingerprint density at radius 3 is 2.89 bits per heavy atom. The maximum absolute atomic E-state index is 9.19. The van der Waals surface area contributed by atoms with Gasteiger partial charge in [-0.1, -0.05) is 5.16 Å². The van der Waals surface area contributed by atoms with Crippen LogP contribution in [-0.4, -0.2) is 28.5 Å². The number of aromatic hydroxyl groups is 1. The van der Waals surface area contributed by atoms with E-state index >= 15 is 0 Å². The van der Waals surface area contributed by atoms with Crippen LogP contribution in [0.5, 0.6) is 5.75 Å². The quantitative estimate of drug-likeness (QED) is 0.818. The van der Waals surface area contributed by atoms with Crippen LogP contribution in [0.3, 0.4) is 0 Å². The number of phenols is 1. The van der Waals surface area contributed by atoms with Gasteiger partial charge < -0.3 is 19.7 Å². The van der Waals surface area contributed by atoms with E-state index in [9.17, 15) is 5.11 Å². The smallest absolute Gasteiger partial charge is 0.245 e. The number of hydrogen-bond donors (Lipinski definition) is 2. The molecule has 1 fully saturated rings. The van der Waals surface area contributed by atoms with Gasteiger partial charge >= 0.3 is 0 Å². The van der Waals surface area contributed by atoms with E-state index in [0.717, 1.165) is 24.5 Å². The lowest BCUT2D eigenvalue weighted by Crippen LogP contribution is -2.02. The molecule has 19 heavy (non-hydrogen) atoms. The molecular formula is C13H15N3O3. The Kier molecular flexibility index (Phi) is 3.33. The van der Waals surface area contributed by atoms with Gasteiger partial charge in [0.1, 0.15) is 5.75 Å². The molecule has 1 unspecified atom stereocenters. The molecule has 6 nitrogen and oxygen atoms in total. The molecule has 1 aromatic heterocycles. The van der Waals surface area contributed by atoms with Crippen LogP contribution in [0, 0.1) is 0 Å². The highest BCUT2D eigenvalue weighted by Gasteiger charge is 2.22. The highest BCUT2D eigenvalue weighted by Crippen LogP contribution is 2.22. The summed E-state index contributed by atoms with van der Waals surface area (Å²) >= 11 is 0. The standard InChI is InChI=1S/C13H15N3O3/c17-11-3-1-10(2-4-11)14-7-12-15-13(16-19-12)9-5-6-18-8-9/h1-4,9,14,17H,5-8H2. The molecule has 0 radical (unpaired) electrons. The Balaban J connectivity index is 1.59. The van der Waals surface area contributed by atoms with E-state index in [1.165, 1.54) is 0 Å². The minimum atomic E-state index is 0.242. The van der Waals surface area contributed by atoms with Gasteiger partial charge in [-0.3, -0.25) is 0 Å². The average Bonchev–Trinajstić information content (AvgIpc) is 3.09. The molecule has 1 atom stereocenters. The number of aromatic nitrogens is 2. The van der Waals surface area contributed by atoms with Crippen LogP contribution in [0.4, 0.5) is 5.69 Å². The van der Waals surface area contributed by atoms with Crippen LogP contribution in [0.1, 0.15) is 24.1 Å². The van der Waals surface area contributed by atoms with E-state index in [1.807, 2.05) is 0 Å². The third kappa shape index (κ3) is 2.85. The summed E-state index contributed by atoms with van der Waals surface area (Å²) in [4.78, 5) is 4.36. The van der Waals surface area contributed by atoms with Crippen molar-refractivity contribution in [1.29, 1.82) is 0 Å². The molecule has 0 saturated carbocycles. The number of ether oxygens (including phenoxy) is 1. The molecule has 1 aliphatic heterocycles. The number of rotatable bonds is 4. The number of benzene rings is 1. The van der Waals surface area contributed by atoms with E-state index in [4.69, 9.17) is 9.26 Å². The fourth-order valence-electron chi connectivity index (χ4n) is 2.00. The van der Waals surface area contributed by atoms with Crippen molar-refractivity contribution in [3.8, 4) is 5.75 Å². The van der Waals surface area contributed by atoms with Crippen molar-refractivity contribution in [3.63, 3.8) is 0 Å². The molecular weight excluding hydrogens is 246 g/mol. The molecule has 6 heteroatoms. The SMILES string of the molecule is Oc1ccc(NCc2nc(C3CCOC3)no2)cc1. The first-order chi connectivity index (χ1) is 9.31. The first-order valence-corrected chi connectivity index (χ1v) is 6.24. The number of phenolic OH excluding ortho intramolecular Hbond substituents is 1. The van der Waals surface area contributed by atoms with Crippen LogP contribution in [-0.2, 0) is 11.3 Å². The summed E-state index contributed by atoms with van der Waals surface area (Å²) < 4.78 is 10.5. The summed E-state index contributed by atoms with van der Waals surface area (Å²) in [6.45, 7) is 1.90. The van der Waals surface area contributed by atoms with Crippen molar-refractivity contribution >= 4 is 5.69 Å². The van der Waals surface area contributed by atoms with Crippen molar-refractivity contribution in [1.82, 2.24) is 10.1 Å². The van der Waals surface area contributed by atoms with Gasteiger partial charge in [0.25, 0.3) is 0 Å². The molecule has 1 aliphatic rings. The molecule has 0 amide bonds. The summed E-state index contributed by atoms with van der Waals surface area (Å²) in [5.41, 5.74) is 0.891. The molecule has 1 saturated heterocycles. The maximum Gasteiger partial charge on any atom is 0.245 e. The summed E-state index contributed by atoms with van der Waals surface area (Å²) in [6, 6.07) is 6.82. The van der Waals surface area contributed by atoms with Crippen molar-refractivity contribution in [3.05, 3.63) is 36.0 Å². The molecule has 0 aliphatic carbocycles. The van der Waals surface area contributed by atoms with Gasteiger partial charge in [-0.2, -0.15) is 4.98 Å². The maximum atomic E-state index is 9.19. The predicted molar refractivity (Wildman–Crippen MR) is 67.9 cm³/mol. The van der Waals surface area contributed by atoms with Gasteiger partial charge in [0.05, 0.1) is 13.2 Å². The normalized spacial score (nSPS) is 18.6.